The van der Waals surface area contributed by atoms with Gasteiger partial charge in [-0.25, -0.2) is 0 Å². The monoisotopic (exact) mass is 332 g/mol. The second kappa shape index (κ2) is 9.74. The van der Waals surface area contributed by atoms with Gasteiger partial charge in [0.2, 0.25) is 5.91 Å². The number of hydrogen-bond acceptors (Lipinski definition) is 3. The third-order valence-corrected chi connectivity index (χ3v) is 5.37. The lowest BCUT2D eigenvalue weighted by Gasteiger charge is -2.31. The Morgan fingerprint density at radius 2 is 2.00 bits per heavy atom. The molecule has 1 amide bonds. The molecular formula is C17H33ClN2O2. The van der Waals surface area contributed by atoms with E-state index in [2.05, 4.69) is 5.32 Å². The van der Waals surface area contributed by atoms with Crippen molar-refractivity contribution in [3.05, 3.63) is 0 Å². The van der Waals surface area contributed by atoms with Gasteiger partial charge >= 0.3 is 0 Å². The number of carbonyl (C=O) groups is 1. The van der Waals surface area contributed by atoms with E-state index >= 15 is 0 Å². The van der Waals surface area contributed by atoms with E-state index in [9.17, 15) is 4.79 Å². The molecule has 2 atom stereocenters. The van der Waals surface area contributed by atoms with Gasteiger partial charge in [0.15, 0.2) is 0 Å². The van der Waals surface area contributed by atoms with Crippen molar-refractivity contribution in [3.63, 3.8) is 0 Å². The Morgan fingerprint density at radius 1 is 1.27 bits per heavy atom. The first-order valence-electron chi connectivity index (χ1n) is 8.76. The summed E-state index contributed by atoms with van der Waals surface area (Å²) in [6, 6.07) is 0.216. The zero-order valence-electron chi connectivity index (χ0n) is 13.9. The number of nitrogens with one attached hydrogen (secondary N) is 1. The van der Waals surface area contributed by atoms with Gasteiger partial charge in [0.1, 0.15) is 0 Å². The van der Waals surface area contributed by atoms with Gasteiger partial charge in [0.25, 0.3) is 0 Å². The summed E-state index contributed by atoms with van der Waals surface area (Å²) in [5.74, 6) is 0.368. The first-order chi connectivity index (χ1) is 10.2. The Kier molecular flexibility index (Phi) is 8.73. The number of hydrogen-bond donors (Lipinski definition) is 2. The van der Waals surface area contributed by atoms with Gasteiger partial charge in [-0.1, -0.05) is 19.3 Å². The van der Waals surface area contributed by atoms with E-state index in [-0.39, 0.29) is 35.7 Å². The van der Waals surface area contributed by atoms with Crippen molar-refractivity contribution >= 4 is 18.3 Å². The number of halogens is 1. The number of amides is 1. The van der Waals surface area contributed by atoms with Gasteiger partial charge < -0.3 is 15.8 Å². The van der Waals surface area contributed by atoms with Crippen LogP contribution in [0.5, 0.6) is 0 Å². The van der Waals surface area contributed by atoms with Crippen LogP contribution in [0, 0.1) is 11.3 Å². The number of nitrogens with two attached hydrogens (primary N) is 1. The highest BCUT2D eigenvalue weighted by Crippen LogP contribution is 2.40. The van der Waals surface area contributed by atoms with E-state index < -0.39 is 0 Å². The standard InChI is InChI=1S/C17H32N2O2.ClH/c1-2-21-11-10-17(8-3-4-9-17)13-19-16(20)14-6-5-7-15(18)12-14;/h14-15H,2-13,18H2,1H3,(H,19,20);1H. The van der Waals surface area contributed by atoms with E-state index in [0.29, 0.717) is 0 Å². The molecule has 4 nitrogen and oxygen atoms in total. The third kappa shape index (κ3) is 5.71. The molecule has 0 heterocycles. The van der Waals surface area contributed by atoms with Gasteiger partial charge in [-0.3, -0.25) is 4.79 Å². The van der Waals surface area contributed by atoms with Crippen molar-refractivity contribution in [3.8, 4) is 0 Å². The molecule has 2 saturated carbocycles. The zero-order valence-corrected chi connectivity index (χ0v) is 14.8. The maximum absolute atomic E-state index is 12.4. The lowest BCUT2D eigenvalue weighted by molar-refractivity contribution is -0.126. The Labute approximate surface area is 141 Å². The van der Waals surface area contributed by atoms with E-state index in [1.54, 1.807) is 0 Å². The van der Waals surface area contributed by atoms with Crippen LogP contribution < -0.4 is 11.1 Å². The first-order valence-corrected chi connectivity index (χ1v) is 8.76. The average Bonchev–Trinajstić information content (AvgIpc) is 2.94. The molecule has 0 aromatic heterocycles. The molecule has 0 aromatic carbocycles. The molecule has 0 saturated heterocycles. The lowest BCUT2D eigenvalue weighted by Crippen LogP contribution is -2.42. The maximum Gasteiger partial charge on any atom is 0.223 e. The summed E-state index contributed by atoms with van der Waals surface area (Å²) in [6.07, 6.45) is 10.1. The Balaban J connectivity index is 0.00000242. The summed E-state index contributed by atoms with van der Waals surface area (Å²) in [4.78, 5) is 12.4. The molecule has 0 bridgehead atoms. The number of rotatable bonds is 7. The van der Waals surface area contributed by atoms with E-state index in [4.69, 9.17) is 10.5 Å². The molecule has 0 radical (unpaired) electrons. The molecule has 2 rings (SSSR count). The maximum atomic E-state index is 12.4. The summed E-state index contributed by atoms with van der Waals surface area (Å²) in [7, 11) is 0. The number of ether oxygens (including phenoxy) is 1. The molecule has 0 spiro atoms. The van der Waals surface area contributed by atoms with Crippen molar-refractivity contribution in [1.82, 2.24) is 5.32 Å². The second-order valence-corrected chi connectivity index (χ2v) is 7.00. The Morgan fingerprint density at radius 3 is 2.64 bits per heavy atom. The minimum Gasteiger partial charge on any atom is -0.382 e. The highest BCUT2D eigenvalue weighted by Gasteiger charge is 2.35. The molecule has 2 aliphatic rings. The van der Waals surface area contributed by atoms with Gasteiger partial charge in [0, 0.05) is 31.7 Å². The molecule has 0 aromatic rings. The molecule has 2 unspecified atom stereocenters. The van der Waals surface area contributed by atoms with Crippen LogP contribution in [0.15, 0.2) is 0 Å². The fourth-order valence-electron chi connectivity index (χ4n) is 3.96. The predicted octanol–water partition coefficient (Wildman–Crippen LogP) is 3.03. The van der Waals surface area contributed by atoms with Crippen LogP contribution in [-0.2, 0) is 9.53 Å². The molecule has 0 aliphatic heterocycles. The molecular weight excluding hydrogens is 300 g/mol. The quantitative estimate of drug-likeness (QED) is 0.704. The van der Waals surface area contributed by atoms with Crippen LogP contribution in [0.3, 0.4) is 0 Å². The fraction of sp³-hybridized carbons (Fsp3) is 0.941. The third-order valence-electron chi connectivity index (χ3n) is 5.37. The van der Waals surface area contributed by atoms with E-state index in [1.807, 2.05) is 6.92 Å². The largest absolute Gasteiger partial charge is 0.382 e. The highest BCUT2D eigenvalue weighted by molar-refractivity contribution is 5.85. The van der Waals surface area contributed by atoms with Gasteiger partial charge in [-0.2, -0.15) is 0 Å². The van der Waals surface area contributed by atoms with E-state index in [1.165, 1.54) is 25.7 Å². The van der Waals surface area contributed by atoms with Crippen molar-refractivity contribution in [2.75, 3.05) is 19.8 Å². The van der Waals surface area contributed by atoms with Crippen molar-refractivity contribution < 1.29 is 9.53 Å². The second-order valence-electron chi connectivity index (χ2n) is 7.00. The minimum atomic E-state index is 0. The minimum absolute atomic E-state index is 0. The zero-order chi connectivity index (χ0) is 15.1. The SMILES string of the molecule is CCOCCC1(CNC(=O)C2CCCC(N)C2)CCCC1.Cl. The smallest absolute Gasteiger partial charge is 0.223 e. The predicted molar refractivity (Wildman–Crippen MR) is 92.2 cm³/mol. The van der Waals surface area contributed by atoms with Crippen LogP contribution in [0.25, 0.3) is 0 Å². The molecule has 22 heavy (non-hydrogen) atoms. The first kappa shape index (κ1) is 19.7. The normalized spacial score (nSPS) is 27.2. The van der Waals surface area contributed by atoms with Gasteiger partial charge in [0.05, 0.1) is 0 Å². The van der Waals surface area contributed by atoms with Gasteiger partial charge in [-0.05, 0) is 50.9 Å². The summed E-state index contributed by atoms with van der Waals surface area (Å²) < 4.78 is 5.53. The average molecular weight is 333 g/mol. The topological polar surface area (TPSA) is 64.3 Å². The van der Waals surface area contributed by atoms with Crippen LogP contribution >= 0.6 is 12.4 Å². The highest BCUT2D eigenvalue weighted by atomic mass is 35.5. The lowest BCUT2D eigenvalue weighted by atomic mass is 9.82. The molecule has 3 N–H and O–H groups in total. The fourth-order valence-corrected chi connectivity index (χ4v) is 3.96. The van der Waals surface area contributed by atoms with Crippen LogP contribution in [0.4, 0.5) is 0 Å². The van der Waals surface area contributed by atoms with Crippen molar-refractivity contribution in [1.29, 1.82) is 0 Å². The van der Waals surface area contributed by atoms with Crippen LogP contribution in [0.2, 0.25) is 0 Å². The Hall–Kier alpha value is -0.320. The summed E-state index contributed by atoms with van der Waals surface area (Å²) in [5.41, 5.74) is 6.27. The van der Waals surface area contributed by atoms with Gasteiger partial charge in [-0.15, -0.1) is 12.4 Å². The van der Waals surface area contributed by atoms with E-state index in [0.717, 1.165) is 51.9 Å². The van der Waals surface area contributed by atoms with Crippen molar-refractivity contribution in [2.45, 2.75) is 70.8 Å². The van der Waals surface area contributed by atoms with Crippen LogP contribution in [0.1, 0.15) is 64.7 Å². The summed E-state index contributed by atoms with van der Waals surface area (Å²) in [6.45, 7) is 4.46. The molecule has 2 fully saturated rings. The molecule has 130 valence electrons. The molecule has 5 heteroatoms. The van der Waals surface area contributed by atoms with Crippen LogP contribution in [-0.4, -0.2) is 31.7 Å². The van der Waals surface area contributed by atoms with Crippen molar-refractivity contribution in [2.24, 2.45) is 17.1 Å². The Bertz CT molecular complexity index is 333. The summed E-state index contributed by atoms with van der Waals surface area (Å²) in [5, 5.41) is 3.23. The number of carbonyl (C=O) groups excluding carboxylic acids is 1. The summed E-state index contributed by atoms with van der Waals surface area (Å²) >= 11 is 0. The molecule has 2 aliphatic carbocycles.